The van der Waals surface area contributed by atoms with Crippen LogP contribution < -0.4 is 4.90 Å². The molecule has 0 saturated carbocycles. The van der Waals surface area contributed by atoms with Gasteiger partial charge in [0.05, 0.1) is 24.2 Å². The third-order valence-corrected chi connectivity index (χ3v) is 3.55. The Bertz CT molecular complexity index is 478. The first-order chi connectivity index (χ1) is 9.61. The summed E-state index contributed by atoms with van der Waals surface area (Å²) in [4.78, 5) is 12.6. The number of benzene rings is 1. The van der Waals surface area contributed by atoms with Crippen LogP contribution in [0.3, 0.4) is 0 Å². The maximum Gasteiger partial charge on any atom is 0.269 e. The van der Waals surface area contributed by atoms with Crippen molar-refractivity contribution in [3.63, 3.8) is 0 Å². The molecule has 0 bridgehead atoms. The van der Waals surface area contributed by atoms with E-state index in [0.717, 1.165) is 37.2 Å². The van der Waals surface area contributed by atoms with Crippen LogP contribution in [-0.2, 0) is 4.74 Å². The Morgan fingerprint density at radius 1 is 1.55 bits per heavy atom. The summed E-state index contributed by atoms with van der Waals surface area (Å²) < 4.78 is 5.59. The largest absolute Gasteiger partial charge is 0.394 e. The number of aliphatic hydroxyl groups excluding tert-OH is 1. The molecule has 0 radical (unpaired) electrons. The van der Waals surface area contributed by atoms with E-state index in [2.05, 4.69) is 4.90 Å². The third-order valence-electron chi connectivity index (χ3n) is 3.55. The molecule has 1 fully saturated rings. The van der Waals surface area contributed by atoms with Crippen LogP contribution in [0.25, 0.3) is 0 Å². The summed E-state index contributed by atoms with van der Waals surface area (Å²) in [6.07, 6.45) is 2.13. The number of hydrogen-bond acceptors (Lipinski definition) is 5. The number of nitro groups is 1. The lowest BCUT2D eigenvalue weighted by molar-refractivity contribution is -0.384. The van der Waals surface area contributed by atoms with Crippen molar-refractivity contribution in [3.05, 3.63) is 33.9 Å². The van der Waals surface area contributed by atoms with Crippen molar-refractivity contribution in [1.29, 1.82) is 0 Å². The Hall–Kier alpha value is -1.66. The van der Waals surface area contributed by atoms with Gasteiger partial charge in [0.15, 0.2) is 0 Å². The van der Waals surface area contributed by atoms with E-state index in [9.17, 15) is 10.1 Å². The van der Waals surface area contributed by atoms with Crippen LogP contribution in [0.5, 0.6) is 0 Å². The SMILES string of the molecule is Cc1cc([N+](=O)[O-])ccc1N1CCC[C@@H](OCCO)C1. The van der Waals surface area contributed by atoms with Crippen molar-refractivity contribution in [3.8, 4) is 0 Å². The predicted octanol–water partition coefficient (Wildman–Crippen LogP) is 1.88. The first kappa shape index (κ1) is 14.7. The molecule has 1 aliphatic heterocycles. The zero-order chi connectivity index (χ0) is 14.5. The Kier molecular flexibility index (Phi) is 4.92. The molecule has 1 saturated heterocycles. The van der Waals surface area contributed by atoms with Gasteiger partial charge >= 0.3 is 0 Å². The van der Waals surface area contributed by atoms with Crippen molar-refractivity contribution >= 4 is 11.4 Å². The molecule has 20 heavy (non-hydrogen) atoms. The van der Waals surface area contributed by atoms with E-state index in [1.165, 1.54) is 0 Å². The molecule has 1 heterocycles. The standard InChI is InChI=1S/C14H20N2O4/c1-11-9-12(16(18)19)4-5-14(11)15-6-2-3-13(10-15)20-8-7-17/h4-5,9,13,17H,2-3,6-8,10H2,1H3/t13-/m1/s1. The highest BCUT2D eigenvalue weighted by molar-refractivity contribution is 5.57. The van der Waals surface area contributed by atoms with E-state index in [1.807, 2.05) is 13.0 Å². The van der Waals surface area contributed by atoms with Crippen LogP contribution in [0.1, 0.15) is 18.4 Å². The fourth-order valence-corrected chi connectivity index (χ4v) is 2.62. The molecule has 2 rings (SSSR count). The minimum atomic E-state index is -0.375. The maximum atomic E-state index is 10.8. The lowest BCUT2D eigenvalue weighted by Gasteiger charge is -2.35. The van der Waals surface area contributed by atoms with E-state index in [-0.39, 0.29) is 23.3 Å². The average molecular weight is 280 g/mol. The maximum absolute atomic E-state index is 10.8. The van der Waals surface area contributed by atoms with Crippen LogP contribution in [-0.4, -0.2) is 42.4 Å². The normalized spacial score (nSPS) is 19.1. The van der Waals surface area contributed by atoms with Gasteiger partial charge < -0.3 is 14.7 Å². The van der Waals surface area contributed by atoms with Crippen LogP contribution in [0.4, 0.5) is 11.4 Å². The zero-order valence-electron chi connectivity index (χ0n) is 11.6. The van der Waals surface area contributed by atoms with Gasteiger partial charge in [-0.3, -0.25) is 10.1 Å². The zero-order valence-corrected chi connectivity index (χ0v) is 11.6. The van der Waals surface area contributed by atoms with Crippen molar-refractivity contribution in [2.45, 2.75) is 25.9 Å². The molecule has 0 amide bonds. The summed E-state index contributed by atoms with van der Waals surface area (Å²) in [5.41, 5.74) is 2.05. The number of rotatable bonds is 5. The second kappa shape index (κ2) is 6.67. The molecular formula is C14H20N2O4. The van der Waals surface area contributed by atoms with Crippen LogP contribution in [0.15, 0.2) is 18.2 Å². The van der Waals surface area contributed by atoms with E-state index in [4.69, 9.17) is 9.84 Å². The minimum absolute atomic E-state index is 0.0348. The fraction of sp³-hybridized carbons (Fsp3) is 0.571. The number of ether oxygens (including phenoxy) is 1. The third kappa shape index (κ3) is 3.46. The fourth-order valence-electron chi connectivity index (χ4n) is 2.62. The highest BCUT2D eigenvalue weighted by Crippen LogP contribution is 2.27. The number of aryl methyl sites for hydroxylation is 1. The van der Waals surface area contributed by atoms with Crippen molar-refractivity contribution < 1.29 is 14.8 Å². The Morgan fingerprint density at radius 3 is 3.00 bits per heavy atom. The number of non-ortho nitro benzene ring substituents is 1. The van der Waals surface area contributed by atoms with Crippen molar-refractivity contribution in [1.82, 2.24) is 0 Å². The van der Waals surface area contributed by atoms with Crippen molar-refractivity contribution in [2.75, 3.05) is 31.2 Å². The van der Waals surface area contributed by atoms with Gasteiger partial charge in [-0.2, -0.15) is 0 Å². The lowest BCUT2D eigenvalue weighted by Crippen LogP contribution is -2.40. The molecule has 1 N–H and O–H groups in total. The number of hydrogen-bond donors (Lipinski definition) is 1. The Balaban J connectivity index is 2.08. The van der Waals surface area contributed by atoms with Gasteiger partial charge in [0.2, 0.25) is 0 Å². The van der Waals surface area contributed by atoms with Crippen molar-refractivity contribution in [2.24, 2.45) is 0 Å². The molecule has 1 aromatic carbocycles. The molecule has 1 aliphatic rings. The Morgan fingerprint density at radius 2 is 2.35 bits per heavy atom. The van der Waals surface area contributed by atoms with E-state index >= 15 is 0 Å². The molecule has 0 aliphatic carbocycles. The van der Waals surface area contributed by atoms with Crippen LogP contribution >= 0.6 is 0 Å². The first-order valence-electron chi connectivity index (χ1n) is 6.84. The lowest BCUT2D eigenvalue weighted by atomic mass is 10.1. The number of nitrogens with zero attached hydrogens (tertiary/aromatic N) is 2. The van der Waals surface area contributed by atoms with Gasteiger partial charge in [-0.1, -0.05) is 0 Å². The number of anilines is 1. The minimum Gasteiger partial charge on any atom is -0.394 e. The molecular weight excluding hydrogens is 260 g/mol. The van der Waals surface area contributed by atoms with E-state index in [1.54, 1.807) is 12.1 Å². The predicted molar refractivity (Wildman–Crippen MR) is 76.1 cm³/mol. The number of piperidine rings is 1. The molecule has 6 heteroatoms. The molecule has 1 atom stereocenters. The summed E-state index contributed by atoms with van der Waals surface area (Å²) >= 11 is 0. The van der Waals surface area contributed by atoms with Gasteiger partial charge in [-0.15, -0.1) is 0 Å². The van der Waals surface area contributed by atoms with Gasteiger partial charge in [0, 0.05) is 30.9 Å². The molecule has 0 aromatic heterocycles. The van der Waals surface area contributed by atoms with Crippen LogP contribution in [0, 0.1) is 17.0 Å². The van der Waals surface area contributed by atoms with Gasteiger partial charge in [-0.25, -0.2) is 0 Å². The molecule has 110 valence electrons. The number of nitro benzene ring substituents is 1. The molecule has 0 unspecified atom stereocenters. The second-order valence-electron chi connectivity index (χ2n) is 5.03. The van der Waals surface area contributed by atoms with Crippen LogP contribution in [0.2, 0.25) is 0 Å². The Labute approximate surface area is 118 Å². The van der Waals surface area contributed by atoms with Gasteiger partial charge in [0.25, 0.3) is 5.69 Å². The first-order valence-corrected chi connectivity index (χ1v) is 6.84. The molecule has 1 aromatic rings. The average Bonchev–Trinajstić information content (AvgIpc) is 2.45. The highest BCUT2D eigenvalue weighted by Gasteiger charge is 2.22. The quantitative estimate of drug-likeness (QED) is 0.658. The summed E-state index contributed by atoms with van der Waals surface area (Å²) in [5, 5.41) is 19.6. The summed E-state index contributed by atoms with van der Waals surface area (Å²) in [5.74, 6) is 0. The topological polar surface area (TPSA) is 75.8 Å². The van der Waals surface area contributed by atoms with E-state index < -0.39 is 0 Å². The molecule has 0 spiro atoms. The summed E-state index contributed by atoms with van der Waals surface area (Å²) in [7, 11) is 0. The smallest absolute Gasteiger partial charge is 0.269 e. The van der Waals surface area contributed by atoms with E-state index in [0.29, 0.717) is 6.61 Å². The highest BCUT2D eigenvalue weighted by atomic mass is 16.6. The summed E-state index contributed by atoms with van der Waals surface area (Å²) in [6.45, 7) is 3.97. The number of aliphatic hydroxyl groups is 1. The van der Waals surface area contributed by atoms with Gasteiger partial charge in [0.1, 0.15) is 0 Å². The molecule has 6 nitrogen and oxygen atoms in total. The second-order valence-corrected chi connectivity index (χ2v) is 5.03. The monoisotopic (exact) mass is 280 g/mol. The van der Waals surface area contributed by atoms with Gasteiger partial charge in [-0.05, 0) is 31.4 Å². The summed E-state index contributed by atoms with van der Waals surface area (Å²) in [6, 6.07) is 4.95.